The number of rotatable bonds is 5. The number of fused-ring (bicyclic) bond motifs is 1. The molecule has 2 heterocycles. The van der Waals surface area contributed by atoms with Gasteiger partial charge in [0.25, 0.3) is 15.9 Å². The van der Waals surface area contributed by atoms with E-state index in [1.165, 1.54) is 30.3 Å². The normalized spacial score (nSPS) is 12.0. The second-order valence-corrected chi connectivity index (χ2v) is 9.69. The van der Waals surface area contributed by atoms with Crippen LogP contribution in [0.25, 0.3) is 22.4 Å². The van der Waals surface area contributed by atoms with Gasteiger partial charge in [0.15, 0.2) is 5.76 Å². The van der Waals surface area contributed by atoms with Crippen molar-refractivity contribution in [2.24, 2.45) is 5.14 Å². The highest BCUT2D eigenvalue weighted by Crippen LogP contribution is 2.27. The summed E-state index contributed by atoms with van der Waals surface area (Å²) >= 11 is 0. The number of benzene rings is 2. The lowest BCUT2D eigenvalue weighted by Gasteiger charge is -2.10. The van der Waals surface area contributed by atoms with Crippen LogP contribution in [0.4, 0.5) is 0 Å². The van der Waals surface area contributed by atoms with Gasteiger partial charge in [0.05, 0.1) is 0 Å². The third kappa shape index (κ3) is 4.19. The van der Waals surface area contributed by atoms with Crippen molar-refractivity contribution in [3.8, 4) is 11.5 Å². The van der Waals surface area contributed by atoms with Crippen molar-refractivity contribution in [3.63, 3.8) is 0 Å². The summed E-state index contributed by atoms with van der Waals surface area (Å²) in [5, 5.41) is 5.65. The van der Waals surface area contributed by atoms with Gasteiger partial charge in [-0.3, -0.25) is 9.78 Å². The second kappa shape index (κ2) is 7.61. The maximum absolute atomic E-state index is 12.7. The van der Waals surface area contributed by atoms with Crippen LogP contribution in [0.2, 0.25) is 0 Å². The molecule has 0 saturated carbocycles. The number of sulfonamides is 2. The number of pyridine rings is 1. The summed E-state index contributed by atoms with van der Waals surface area (Å²) in [7, 11) is -8.82. The number of nitrogens with one attached hydrogen (secondary N) is 1. The molecule has 158 valence electrons. The van der Waals surface area contributed by atoms with Crippen LogP contribution >= 0.6 is 0 Å². The molecule has 0 fully saturated rings. The summed E-state index contributed by atoms with van der Waals surface area (Å²) in [5.41, 5.74) is 1.13. The van der Waals surface area contributed by atoms with Crippen molar-refractivity contribution in [1.29, 1.82) is 0 Å². The number of furan rings is 1. The molecule has 9 nitrogen and oxygen atoms in total. The number of primary sulfonamides is 1. The van der Waals surface area contributed by atoms with E-state index in [1.807, 2.05) is 4.72 Å². The maximum Gasteiger partial charge on any atom is 0.265 e. The topological polar surface area (TPSA) is 149 Å². The van der Waals surface area contributed by atoms with Crippen LogP contribution < -0.4 is 9.86 Å². The van der Waals surface area contributed by atoms with Crippen LogP contribution in [0.1, 0.15) is 10.4 Å². The Bertz CT molecular complexity index is 1510. The van der Waals surface area contributed by atoms with E-state index in [0.29, 0.717) is 22.4 Å². The zero-order valence-corrected chi connectivity index (χ0v) is 17.4. The molecule has 0 aliphatic heterocycles. The summed E-state index contributed by atoms with van der Waals surface area (Å²) < 4.78 is 56.3. The van der Waals surface area contributed by atoms with Crippen molar-refractivity contribution >= 4 is 36.9 Å². The zero-order chi connectivity index (χ0) is 22.2. The number of amides is 1. The van der Waals surface area contributed by atoms with E-state index in [-0.39, 0.29) is 5.56 Å². The van der Waals surface area contributed by atoms with Gasteiger partial charge < -0.3 is 4.42 Å². The molecule has 0 aliphatic rings. The molecule has 4 aromatic rings. The third-order valence-electron chi connectivity index (χ3n) is 4.37. The predicted molar refractivity (Wildman–Crippen MR) is 112 cm³/mol. The van der Waals surface area contributed by atoms with Gasteiger partial charge in [0.2, 0.25) is 10.0 Å². The lowest BCUT2D eigenvalue weighted by atomic mass is 10.1. The Kier molecular flexibility index (Phi) is 5.09. The first-order chi connectivity index (χ1) is 14.6. The minimum Gasteiger partial charge on any atom is -0.454 e. The van der Waals surface area contributed by atoms with Crippen LogP contribution in [-0.2, 0) is 20.0 Å². The van der Waals surface area contributed by atoms with Crippen molar-refractivity contribution in [2.45, 2.75) is 9.79 Å². The number of carbonyl (C=O) groups excluding carboxylic acids is 1. The minimum atomic E-state index is -4.50. The molecular formula is C20H15N3O6S2. The van der Waals surface area contributed by atoms with Gasteiger partial charge in [0, 0.05) is 17.1 Å². The fraction of sp³-hybridized carbons (Fsp3) is 0. The SMILES string of the molecule is NS(=O)(=O)c1ccccc1S(=O)(=O)NC(=O)c1ccc2oc(-c3ccccn3)cc2c1. The molecule has 4 rings (SSSR count). The van der Waals surface area contributed by atoms with Crippen molar-refractivity contribution < 1.29 is 26.0 Å². The summed E-state index contributed by atoms with van der Waals surface area (Å²) in [4.78, 5) is 15.6. The van der Waals surface area contributed by atoms with Crippen molar-refractivity contribution in [1.82, 2.24) is 9.71 Å². The summed E-state index contributed by atoms with van der Waals surface area (Å²) in [6.45, 7) is 0. The average molecular weight is 457 g/mol. The lowest BCUT2D eigenvalue weighted by molar-refractivity contribution is 0.0981. The Hall–Kier alpha value is -3.54. The number of nitrogens with two attached hydrogens (primary N) is 1. The third-order valence-corrected chi connectivity index (χ3v) is 6.86. The van der Waals surface area contributed by atoms with Gasteiger partial charge in [0.1, 0.15) is 21.1 Å². The molecule has 0 radical (unpaired) electrons. The Morgan fingerprint density at radius 2 is 1.61 bits per heavy atom. The van der Waals surface area contributed by atoms with Crippen LogP contribution in [0.3, 0.4) is 0 Å². The fourth-order valence-electron chi connectivity index (χ4n) is 2.96. The van der Waals surface area contributed by atoms with E-state index >= 15 is 0 Å². The maximum atomic E-state index is 12.7. The molecule has 0 saturated heterocycles. The Balaban J connectivity index is 1.66. The van der Waals surface area contributed by atoms with Crippen LogP contribution in [0.15, 0.2) is 87.1 Å². The summed E-state index contributed by atoms with van der Waals surface area (Å²) in [6.07, 6.45) is 1.62. The molecule has 11 heteroatoms. The lowest BCUT2D eigenvalue weighted by Crippen LogP contribution is -2.32. The van der Waals surface area contributed by atoms with E-state index in [4.69, 9.17) is 9.56 Å². The fourth-order valence-corrected chi connectivity index (χ4v) is 5.32. The smallest absolute Gasteiger partial charge is 0.265 e. The average Bonchev–Trinajstić information content (AvgIpc) is 3.17. The van der Waals surface area contributed by atoms with Gasteiger partial charge >= 0.3 is 0 Å². The van der Waals surface area contributed by atoms with E-state index in [1.54, 1.807) is 30.5 Å². The molecule has 0 atom stereocenters. The Morgan fingerprint density at radius 3 is 2.29 bits per heavy atom. The van der Waals surface area contributed by atoms with E-state index < -0.39 is 35.7 Å². The highest BCUT2D eigenvalue weighted by atomic mass is 32.2. The molecule has 1 amide bonds. The first-order valence-electron chi connectivity index (χ1n) is 8.79. The van der Waals surface area contributed by atoms with Crippen LogP contribution in [0.5, 0.6) is 0 Å². The molecule has 0 bridgehead atoms. The van der Waals surface area contributed by atoms with Gasteiger partial charge in [-0.05, 0) is 48.5 Å². The first-order valence-corrected chi connectivity index (χ1v) is 11.8. The van der Waals surface area contributed by atoms with Crippen LogP contribution in [0, 0.1) is 0 Å². The molecular weight excluding hydrogens is 442 g/mol. The second-order valence-electron chi connectivity index (χ2n) is 6.50. The molecule has 31 heavy (non-hydrogen) atoms. The monoisotopic (exact) mass is 457 g/mol. The highest BCUT2D eigenvalue weighted by Gasteiger charge is 2.26. The van der Waals surface area contributed by atoms with Gasteiger partial charge in [-0.15, -0.1) is 0 Å². The van der Waals surface area contributed by atoms with Crippen LogP contribution in [-0.4, -0.2) is 27.7 Å². The Morgan fingerprint density at radius 1 is 0.903 bits per heavy atom. The van der Waals surface area contributed by atoms with Crippen molar-refractivity contribution in [3.05, 3.63) is 78.5 Å². The number of aromatic nitrogens is 1. The molecule has 2 aromatic carbocycles. The number of carbonyl (C=O) groups is 1. The zero-order valence-electron chi connectivity index (χ0n) is 15.7. The standard InChI is InChI=1S/C20H15N3O6S2/c21-30(25,26)18-6-1-2-7-19(18)31(27,28)23-20(24)13-8-9-16-14(11-13)12-17(29-16)15-5-3-4-10-22-15/h1-12H,(H,23,24)(H2,21,25,26). The number of hydrogen-bond acceptors (Lipinski definition) is 7. The number of hydrogen-bond donors (Lipinski definition) is 2. The molecule has 3 N–H and O–H groups in total. The molecule has 0 spiro atoms. The Labute approximate surface area is 177 Å². The largest absolute Gasteiger partial charge is 0.454 e. The molecule has 0 aliphatic carbocycles. The molecule has 0 unspecified atom stereocenters. The quantitative estimate of drug-likeness (QED) is 0.467. The number of nitrogens with zero attached hydrogens (tertiary/aromatic N) is 1. The summed E-state index contributed by atoms with van der Waals surface area (Å²) in [5.74, 6) is -0.449. The predicted octanol–water partition coefficient (Wildman–Crippen LogP) is 2.26. The van der Waals surface area contributed by atoms with Gasteiger partial charge in [-0.1, -0.05) is 18.2 Å². The summed E-state index contributed by atoms with van der Waals surface area (Å²) in [6, 6.07) is 16.1. The van der Waals surface area contributed by atoms with E-state index in [2.05, 4.69) is 4.98 Å². The van der Waals surface area contributed by atoms with Gasteiger partial charge in [-0.25, -0.2) is 26.7 Å². The first kappa shape index (κ1) is 20.7. The van der Waals surface area contributed by atoms with Gasteiger partial charge in [-0.2, -0.15) is 0 Å². The highest BCUT2D eigenvalue weighted by molar-refractivity contribution is 7.92. The van der Waals surface area contributed by atoms with Crippen molar-refractivity contribution in [2.75, 3.05) is 0 Å². The minimum absolute atomic E-state index is 0.0394. The molecule has 2 aromatic heterocycles. The van der Waals surface area contributed by atoms with E-state index in [9.17, 15) is 21.6 Å². The van der Waals surface area contributed by atoms with E-state index in [0.717, 1.165) is 12.1 Å².